The maximum Gasteiger partial charge on any atom is 0.303 e. The Morgan fingerprint density at radius 3 is 0.319 bits per heavy atom. The largest absolute Gasteiger partial charge is 0.481 e. The summed E-state index contributed by atoms with van der Waals surface area (Å²) in [5, 5.41) is 105. The molecule has 0 aromatic heterocycles. The Morgan fingerprint density at radius 1 is 0.160 bits per heavy atom. The van der Waals surface area contributed by atoms with E-state index in [0.29, 0.717) is 38.5 Å². The van der Waals surface area contributed by atoms with Gasteiger partial charge in [0.25, 0.3) is 0 Å². The average molecular weight is 1710 g/mol. The van der Waals surface area contributed by atoms with Gasteiger partial charge in [0.1, 0.15) is 0 Å². The summed E-state index contributed by atoms with van der Waals surface area (Å²) in [7, 11) is 0. The lowest BCUT2D eigenvalue weighted by Crippen LogP contribution is -2.43. The van der Waals surface area contributed by atoms with Crippen molar-refractivity contribution in [2.24, 2.45) is 10.8 Å². The van der Waals surface area contributed by atoms with E-state index >= 15 is 0 Å². The second kappa shape index (κ2) is 115. The Bertz CT molecular complexity index is 1620. The summed E-state index contributed by atoms with van der Waals surface area (Å²) in [5.74, 6) is -3.93. The molecule has 0 saturated carbocycles. The van der Waals surface area contributed by atoms with Crippen LogP contribution in [0.25, 0.3) is 0 Å². The number of carboxylic acids is 6. The van der Waals surface area contributed by atoms with Crippen molar-refractivity contribution < 1.29 is 94.8 Å². The zero-order chi connectivity index (χ0) is 90.0. The van der Waals surface area contributed by atoms with Crippen LogP contribution in [-0.2, 0) is 33.5 Å². The van der Waals surface area contributed by atoms with Gasteiger partial charge in [0.2, 0.25) is 0 Å². The van der Waals surface area contributed by atoms with Crippen LogP contribution in [0.2, 0.25) is 0 Å². The first-order valence-electron chi connectivity index (χ1n) is 50.2. The van der Waals surface area contributed by atoms with E-state index in [2.05, 4.69) is 41.5 Å². The molecule has 0 atom stereocenters. The van der Waals surface area contributed by atoms with Crippen LogP contribution in [0.4, 0.5) is 0 Å². The van der Waals surface area contributed by atoms with Crippen molar-refractivity contribution in [2.45, 2.75) is 542 Å². The van der Waals surface area contributed by atoms with Gasteiger partial charge < -0.3 is 66.0 Å². The van der Waals surface area contributed by atoms with Gasteiger partial charge in [-0.15, -0.1) is 0 Å². The van der Waals surface area contributed by atoms with E-state index in [1.165, 1.54) is 385 Å². The topological polar surface area (TPSA) is 354 Å². The van der Waals surface area contributed by atoms with Crippen molar-refractivity contribution in [3.05, 3.63) is 0 Å². The van der Waals surface area contributed by atoms with Crippen molar-refractivity contribution in [3.8, 4) is 0 Å². The van der Waals surface area contributed by atoms with Gasteiger partial charge in [-0.25, -0.2) is 0 Å². The van der Waals surface area contributed by atoms with Crippen LogP contribution in [0, 0.1) is 10.8 Å². The highest BCUT2D eigenvalue weighted by Gasteiger charge is 2.33. The molecule has 0 heterocycles. The SMILES string of the molecule is CCCCCCCCCCCCCCC(=O)O.CCCCCCCCCCCCCCC(=O)O.CCCCCCCCCCCCCCC(=O)O.CCCCCCCCCCCCCCC(=O)O.CCCCCCCCCCCCCCC(=O)O.CCCCCCCCCCCCCCC(=O)O.OCC(CO)(CO)COCC(CO)(CO)CO. The summed E-state index contributed by atoms with van der Waals surface area (Å²) in [5.41, 5.74) is -2.32. The Labute approximate surface area is 733 Å². The third-order valence-corrected chi connectivity index (χ3v) is 22.3. The molecule has 0 aromatic carbocycles. The van der Waals surface area contributed by atoms with Crippen LogP contribution in [0.1, 0.15) is 542 Å². The second-order valence-corrected chi connectivity index (χ2v) is 34.6. The van der Waals surface area contributed by atoms with Crippen LogP contribution in [0.15, 0.2) is 0 Å². The zero-order valence-electron chi connectivity index (χ0n) is 79.0. The van der Waals surface area contributed by atoms with E-state index in [9.17, 15) is 28.8 Å². The third-order valence-electron chi connectivity index (χ3n) is 22.3. The van der Waals surface area contributed by atoms with Crippen LogP contribution in [0.5, 0.6) is 0 Å². The van der Waals surface area contributed by atoms with E-state index in [-0.39, 0.29) is 13.2 Å². The van der Waals surface area contributed by atoms with Gasteiger partial charge in [-0.05, 0) is 38.5 Å². The molecular weight excluding hydrogens is 1510 g/mol. The summed E-state index contributed by atoms with van der Waals surface area (Å²) in [4.78, 5) is 61.7. The van der Waals surface area contributed by atoms with Crippen molar-refractivity contribution in [1.82, 2.24) is 0 Å². The van der Waals surface area contributed by atoms with E-state index in [4.69, 9.17) is 66.0 Å². The lowest BCUT2D eigenvalue weighted by atomic mass is 9.91. The lowest BCUT2D eigenvalue weighted by molar-refractivity contribution is -0.138. The number of hydrogen-bond donors (Lipinski definition) is 12. The van der Waals surface area contributed by atoms with Crippen LogP contribution in [0.3, 0.4) is 0 Å². The van der Waals surface area contributed by atoms with Gasteiger partial charge in [0, 0.05) is 38.5 Å². The molecule has 0 fully saturated rings. The summed E-state index contributed by atoms with van der Waals surface area (Å²) < 4.78 is 5.15. The number of ether oxygens (including phenoxy) is 1. The molecule has 0 aromatic rings. The van der Waals surface area contributed by atoms with Crippen molar-refractivity contribution >= 4 is 35.8 Å². The molecule has 19 heteroatoms. The Balaban J connectivity index is -0.000000246. The summed E-state index contributed by atoms with van der Waals surface area (Å²) in [6.07, 6.45) is 94.9. The van der Waals surface area contributed by atoms with Crippen molar-refractivity contribution in [2.75, 3.05) is 52.9 Å². The van der Waals surface area contributed by atoms with Crippen molar-refractivity contribution in [1.29, 1.82) is 0 Å². The molecule has 0 rings (SSSR count). The molecule has 0 radical (unpaired) electrons. The molecule has 0 aliphatic heterocycles. The number of aliphatic hydroxyl groups is 6. The maximum atomic E-state index is 10.3. The smallest absolute Gasteiger partial charge is 0.303 e. The molecule has 12 N–H and O–H groups in total. The molecule has 0 amide bonds. The minimum atomic E-state index is -1.16. The number of aliphatic carboxylic acids is 6. The predicted molar refractivity (Wildman–Crippen MR) is 498 cm³/mol. The van der Waals surface area contributed by atoms with Crippen LogP contribution < -0.4 is 0 Å². The molecule has 19 nitrogen and oxygen atoms in total. The molecule has 0 bridgehead atoms. The van der Waals surface area contributed by atoms with Gasteiger partial charge in [-0.2, -0.15) is 0 Å². The highest BCUT2D eigenvalue weighted by Crippen LogP contribution is 2.22. The highest BCUT2D eigenvalue weighted by molar-refractivity contribution is 5.68. The van der Waals surface area contributed by atoms with Crippen LogP contribution in [-0.4, -0.2) is 150 Å². The first-order valence-corrected chi connectivity index (χ1v) is 50.2. The second-order valence-electron chi connectivity index (χ2n) is 34.6. The first kappa shape index (κ1) is 129. The average Bonchev–Trinajstić information content (AvgIpc) is 0.873. The number of aliphatic hydroxyl groups excluding tert-OH is 6. The fourth-order valence-corrected chi connectivity index (χ4v) is 13.8. The number of carboxylic acid groups (broad SMARTS) is 6. The highest BCUT2D eigenvalue weighted by atomic mass is 16.5. The molecule has 119 heavy (non-hydrogen) atoms. The molecule has 0 spiro atoms. The summed E-state index contributed by atoms with van der Waals surface area (Å²) in [6, 6.07) is 0. The third kappa shape index (κ3) is 128. The van der Waals surface area contributed by atoms with Gasteiger partial charge in [-0.3, -0.25) is 28.8 Å². The molecule has 0 aliphatic rings. The molecule has 716 valence electrons. The molecule has 0 unspecified atom stereocenters. The van der Waals surface area contributed by atoms with E-state index in [1.807, 2.05) is 0 Å². The van der Waals surface area contributed by atoms with Gasteiger partial charge in [-0.1, -0.05) is 465 Å². The Hall–Kier alpha value is -3.46. The summed E-state index contributed by atoms with van der Waals surface area (Å²) in [6.45, 7) is 10.5. The van der Waals surface area contributed by atoms with Crippen LogP contribution >= 0.6 is 0 Å². The first-order chi connectivity index (χ1) is 57.7. The summed E-state index contributed by atoms with van der Waals surface area (Å²) >= 11 is 0. The fourth-order valence-electron chi connectivity index (χ4n) is 13.8. The monoisotopic (exact) mass is 1710 g/mol. The fraction of sp³-hybridized carbons (Fsp3) is 0.940. The van der Waals surface area contributed by atoms with Gasteiger partial charge >= 0.3 is 35.8 Å². The van der Waals surface area contributed by atoms with E-state index in [1.54, 1.807) is 0 Å². The maximum absolute atomic E-state index is 10.3. The number of unbranched alkanes of at least 4 members (excludes halogenated alkanes) is 66. The van der Waals surface area contributed by atoms with Crippen molar-refractivity contribution in [3.63, 3.8) is 0 Å². The van der Waals surface area contributed by atoms with Gasteiger partial charge in [0.15, 0.2) is 0 Å². The lowest BCUT2D eigenvalue weighted by Gasteiger charge is -2.31. The molecule has 0 aliphatic carbocycles. The predicted octanol–water partition coefficient (Wildman–Crippen LogP) is 27.9. The Kier molecular flexibility index (Phi) is 124. The molecular formula is C100H202O19. The minimum Gasteiger partial charge on any atom is -0.481 e. The minimum absolute atomic E-state index is 0.141. The number of hydrogen-bond acceptors (Lipinski definition) is 13. The van der Waals surface area contributed by atoms with Gasteiger partial charge in [0.05, 0.1) is 63.7 Å². The van der Waals surface area contributed by atoms with E-state index < -0.39 is 86.3 Å². The normalized spacial score (nSPS) is 11.0. The standard InChI is InChI=1S/6C15H30O2.C10H22O7/c6*1-2-3-4-5-6-7-8-9-10-11-12-13-14-15(16)17;11-1-9(2-12,3-13)7-17-8-10(4-14,5-15)6-16/h6*2-14H2,1H3,(H,16,17);11-16H,1-8H2. The zero-order valence-corrected chi connectivity index (χ0v) is 79.0. The van der Waals surface area contributed by atoms with E-state index in [0.717, 1.165) is 77.0 Å². The quantitative estimate of drug-likeness (QED) is 0.0252. The Morgan fingerprint density at radius 2 is 0.244 bits per heavy atom. The molecule has 0 saturated heterocycles. The number of carbonyl (C=O) groups is 6. The number of rotatable bonds is 88.